The van der Waals surface area contributed by atoms with E-state index in [1.807, 2.05) is 6.07 Å². The summed E-state index contributed by atoms with van der Waals surface area (Å²) < 4.78 is 2.32. The molecule has 0 aliphatic heterocycles. The van der Waals surface area contributed by atoms with E-state index in [0.29, 0.717) is 12.1 Å². The van der Waals surface area contributed by atoms with Crippen molar-refractivity contribution in [2.75, 3.05) is 6.54 Å². The maximum atomic E-state index is 12.2. The maximum absolute atomic E-state index is 12.2. The third-order valence-corrected chi connectivity index (χ3v) is 4.80. The van der Waals surface area contributed by atoms with E-state index in [0.717, 1.165) is 30.7 Å². The Morgan fingerprint density at radius 3 is 2.63 bits per heavy atom. The minimum absolute atomic E-state index is 0.0698. The molecular weight excluding hydrogens is 336 g/mol. The number of aryl methyl sites for hydroxylation is 1. The second kappa shape index (κ2) is 9.86. The van der Waals surface area contributed by atoms with Gasteiger partial charge < -0.3 is 9.88 Å². The Balaban J connectivity index is 1.62. The summed E-state index contributed by atoms with van der Waals surface area (Å²) in [5.74, 6) is 0.973. The average molecular weight is 364 g/mol. The summed E-state index contributed by atoms with van der Waals surface area (Å²) in [5.41, 5.74) is 2.85. The number of hydrogen-bond donors (Lipinski definition) is 1. The molecule has 0 saturated carbocycles. The highest BCUT2D eigenvalue weighted by molar-refractivity contribution is 5.93. The smallest absolute Gasteiger partial charge is 0.251 e. The van der Waals surface area contributed by atoms with E-state index >= 15 is 0 Å². The first-order valence-electron chi connectivity index (χ1n) is 9.92. The van der Waals surface area contributed by atoms with Crippen molar-refractivity contribution in [1.29, 1.82) is 0 Å². The first-order valence-corrected chi connectivity index (χ1v) is 9.92. The van der Waals surface area contributed by atoms with Gasteiger partial charge in [0.2, 0.25) is 0 Å². The van der Waals surface area contributed by atoms with Gasteiger partial charge in [-0.25, -0.2) is 4.98 Å². The molecule has 0 aliphatic rings. The van der Waals surface area contributed by atoms with Gasteiger partial charge in [-0.1, -0.05) is 44.7 Å². The van der Waals surface area contributed by atoms with Crippen molar-refractivity contribution in [2.45, 2.75) is 52.0 Å². The van der Waals surface area contributed by atoms with Gasteiger partial charge in [0.25, 0.3) is 5.91 Å². The Labute approximate surface area is 160 Å². The van der Waals surface area contributed by atoms with E-state index < -0.39 is 0 Å². The first-order chi connectivity index (χ1) is 13.3. The van der Waals surface area contributed by atoms with Crippen molar-refractivity contribution in [3.63, 3.8) is 0 Å². The molecule has 0 fully saturated rings. The zero-order valence-corrected chi connectivity index (χ0v) is 16.0. The third kappa shape index (κ3) is 5.16. The number of aromatic nitrogens is 3. The molecule has 1 N–H and O–H groups in total. The summed E-state index contributed by atoms with van der Waals surface area (Å²) in [7, 11) is 0. The van der Waals surface area contributed by atoms with Crippen LogP contribution < -0.4 is 5.32 Å². The molecule has 0 spiro atoms. The summed E-state index contributed by atoms with van der Waals surface area (Å²) in [6.45, 7) is 3.79. The molecule has 5 nitrogen and oxygen atoms in total. The molecule has 2 heterocycles. The first kappa shape index (κ1) is 19.1. The Morgan fingerprint density at radius 2 is 1.81 bits per heavy atom. The fourth-order valence-electron chi connectivity index (χ4n) is 3.33. The quantitative estimate of drug-likeness (QED) is 0.543. The van der Waals surface area contributed by atoms with E-state index in [4.69, 9.17) is 4.98 Å². The fraction of sp³-hybridized carbons (Fsp3) is 0.409. The second-order valence-electron chi connectivity index (χ2n) is 6.82. The zero-order chi connectivity index (χ0) is 18.9. The normalized spacial score (nSPS) is 11.0. The van der Waals surface area contributed by atoms with Crippen LogP contribution in [0, 0.1) is 0 Å². The lowest BCUT2D eigenvalue weighted by Crippen LogP contribution is -2.26. The Kier molecular flexibility index (Phi) is 6.97. The van der Waals surface area contributed by atoms with Crippen LogP contribution in [0.5, 0.6) is 0 Å². The number of imidazole rings is 1. The number of hydrogen-bond acceptors (Lipinski definition) is 3. The minimum atomic E-state index is -0.0698. The predicted molar refractivity (Wildman–Crippen MR) is 109 cm³/mol. The van der Waals surface area contributed by atoms with Crippen LogP contribution >= 0.6 is 0 Å². The molecule has 3 aromatic rings. The summed E-state index contributed by atoms with van der Waals surface area (Å²) in [6, 6.07) is 11.7. The monoisotopic (exact) mass is 364 g/mol. The minimum Gasteiger partial charge on any atom is -0.352 e. The van der Waals surface area contributed by atoms with E-state index in [-0.39, 0.29) is 5.91 Å². The molecule has 0 bridgehead atoms. The van der Waals surface area contributed by atoms with Crippen LogP contribution in [-0.2, 0) is 13.0 Å². The van der Waals surface area contributed by atoms with Gasteiger partial charge in [0.15, 0.2) is 0 Å². The number of unbranched alkanes of at least 4 members (excludes halogenated alkanes) is 4. The van der Waals surface area contributed by atoms with Crippen molar-refractivity contribution < 1.29 is 4.79 Å². The lowest BCUT2D eigenvalue weighted by atomic mass is 10.1. The van der Waals surface area contributed by atoms with E-state index in [1.165, 1.54) is 31.2 Å². The molecule has 3 rings (SSSR count). The third-order valence-electron chi connectivity index (χ3n) is 4.80. The topological polar surface area (TPSA) is 59.8 Å². The van der Waals surface area contributed by atoms with Crippen LogP contribution in [-0.4, -0.2) is 27.0 Å². The van der Waals surface area contributed by atoms with Crippen LogP contribution in [0.3, 0.4) is 0 Å². The van der Waals surface area contributed by atoms with E-state index in [1.54, 1.807) is 24.5 Å². The van der Waals surface area contributed by atoms with Crippen LogP contribution in [0.15, 0.2) is 48.8 Å². The van der Waals surface area contributed by atoms with Crippen molar-refractivity contribution >= 4 is 16.9 Å². The molecule has 1 aromatic carbocycles. The average Bonchev–Trinajstić information content (AvgIpc) is 3.06. The molecule has 0 unspecified atom stereocenters. The lowest BCUT2D eigenvalue weighted by molar-refractivity contribution is 0.0954. The predicted octanol–water partition coefficient (Wildman–Crippen LogP) is 4.37. The number of benzene rings is 1. The summed E-state index contributed by atoms with van der Waals surface area (Å²) in [4.78, 5) is 20.9. The number of pyridine rings is 1. The van der Waals surface area contributed by atoms with Crippen LogP contribution in [0.1, 0.15) is 55.2 Å². The van der Waals surface area contributed by atoms with Gasteiger partial charge in [-0.05, 0) is 30.7 Å². The van der Waals surface area contributed by atoms with Crippen molar-refractivity contribution in [3.8, 4) is 0 Å². The molecular formula is C22H28N4O. The van der Waals surface area contributed by atoms with Crippen molar-refractivity contribution in [3.05, 3.63) is 60.2 Å². The molecule has 5 heteroatoms. The van der Waals surface area contributed by atoms with E-state index in [2.05, 4.69) is 40.0 Å². The number of rotatable bonds is 10. The highest BCUT2D eigenvalue weighted by Gasteiger charge is 2.11. The molecule has 0 radical (unpaired) electrons. The molecule has 0 atom stereocenters. The SMILES string of the molecule is CCCCCCCn1c(CCNC(=O)c2ccncc2)nc2ccccc21. The van der Waals surface area contributed by atoms with Crippen LogP contribution in [0.25, 0.3) is 11.0 Å². The van der Waals surface area contributed by atoms with Gasteiger partial charge in [-0.2, -0.15) is 0 Å². The number of para-hydroxylation sites is 2. The number of nitrogens with zero attached hydrogens (tertiary/aromatic N) is 3. The molecule has 2 aromatic heterocycles. The number of amides is 1. The largest absolute Gasteiger partial charge is 0.352 e. The van der Waals surface area contributed by atoms with Crippen molar-refractivity contribution in [1.82, 2.24) is 19.9 Å². The Bertz CT molecular complexity index is 857. The number of carbonyl (C=O) groups excluding carboxylic acids is 1. The second-order valence-corrected chi connectivity index (χ2v) is 6.82. The number of carbonyl (C=O) groups is 1. The summed E-state index contributed by atoms with van der Waals surface area (Å²) >= 11 is 0. The highest BCUT2D eigenvalue weighted by Crippen LogP contribution is 2.18. The standard InChI is InChI=1S/C22H28N4O/c1-2-3-4-5-8-17-26-20-10-7-6-9-19(20)25-21(26)13-16-24-22(27)18-11-14-23-15-12-18/h6-7,9-12,14-15H,2-5,8,13,16-17H2,1H3,(H,24,27). The van der Waals surface area contributed by atoms with Gasteiger partial charge in [-0.15, -0.1) is 0 Å². The number of nitrogens with one attached hydrogen (secondary N) is 1. The van der Waals surface area contributed by atoms with E-state index in [9.17, 15) is 4.79 Å². The van der Waals surface area contributed by atoms with Crippen molar-refractivity contribution in [2.24, 2.45) is 0 Å². The molecule has 27 heavy (non-hydrogen) atoms. The van der Waals surface area contributed by atoms with Gasteiger partial charge in [0.1, 0.15) is 5.82 Å². The van der Waals surface area contributed by atoms with Gasteiger partial charge in [-0.3, -0.25) is 9.78 Å². The molecule has 0 aliphatic carbocycles. The fourth-order valence-corrected chi connectivity index (χ4v) is 3.33. The van der Waals surface area contributed by atoms with Crippen LogP contribution in [0.4, 0.5) is 0 Å². The maximum Gasteiger partial charge on any atom is 0.251 e. The molecule has 0 saturated heterocycles. The Hall–Kier alpha value is -2.69. The molecule has 1 amide bonds. The number of fused-ring (bicyclic) bond motifs is 1. The van der Waals surface area contributed by atoms with Gasteiger partial charge in [0.05, 0.1) is 11.0 Å². The highest BCUT2D eigenvalue weighted by atomic mass is 16.1. The summed E-state index contributed by atoms with van der Waals surface area (Å²) in [5, 5.41) is 2.98. The van der Waals surface area contributed by atoms with Crippen LogP contribution in [0.2, 0.25) is 0 Å². The van der Waals surface area contributed by atoms with Gasteiger partial charge in [0, 0.05) is 37.5 Å². The summed E-state index contributed by atoms with van der Waals surface area (Å²) in [6.07, 6.45) is 10.3. The lowest BCUT2D eigenvalue weighted by Gasteiger charge is -2.10. The zero-order valence-electron chi connectivity index (χ0n) is 16.0. The Morgan fingerprint density at radius 1 is 1.04 bits per heavy atom. The van der Waals surface area contributed by atoms with Gasteiger partial charge >= 0.3 is 0 Å². The molecule has 142 valence electrons.